The van der Waals surface area contributed by atoms with Crippen LogP contribution in [0.5, 0.6) is 5.75 Å². The van der Waals surface area contributed by atoms with Gasteiger partial charge in [0.15, 0.2) is 0 Å². The van der Waals surface area contributed by atoms with Crippen molar-refractivity contribution in [3.63, 3.8) is 0 Å². The summed E-state index contributed by atoms with van der Waals surface area (Å²) in [5.74, 6) is 0.404. The normalized spacial score (nSPS) is 12.2. The van der Waals surface area contributed by atoms with Gasteiger partial charge in [0.25, 0.3) is 0 Å². The Morgan fingerprint density at radius 3 is 2.52 bits per heavy atom. The highest BCUT2D eigenvalue weighted by atomic mass is 35.5. The van der Waals surface area contributed by atoms with Gasteiger partial charge in [0.1, 0.15) is 18.2 Å². The molecule has 0 bridgehead atoms. The van der Waals surface area contributed by atoms with Gasteiger partial charge in [0.05, 0.1) is 0 Å². The van der Waals surface area contributed by atoms with Crippen molar-refractivity contribution in [1.29, 1.82) is 0 Å². The summed E-state index contributed by atoms with van der Waals surface area (Å²) in [6.45, 7) is 2.29. The van der Waals surface area contributed by atoms with Gasteiger partial charge in [-0.05, 0) is 49.4 Å². The summed E-state index contributed by atoms with van der Waals surface area (Å²) in [7, 11) is 1.94. The second-order valence-corrected chi connectivity index (χ2v) is 5.28. The molecular formula is C17H19ClFNO. The second-order valence-electron chi connectivity index (χ2n) is 4.84. The Labute approximate surface area is 129 Å². The number of ether oxygens (including phenoxy) is 1. The van der Waals surface area contributed by atoms with Crippen LogP contribution in [0.3, 0.4) is 0 Å². The maximum atomic E-state index is 13.6. The Morgan fingerprint density at radius 1 is 1.19 bits per heavy atom. The molecule has 1 N–H and O–H groups in total. The van der Waals surface area contributed by atoms with E-state index in [-0.39, 0.29) is 12.4 Å². The zero-order chi connectivity index (χ0) is 15.2. The van der Waals surface area contributed by atoms with Crippen molar-refractivity contribution >= 4 is 11.6 Å². The molecule has 0 saturated carbocycles. The number of hydrogen-bond acceptors (Lipinski definition) is 2. The van der Waals surface area contributed by atoms with E-state index in [0.717, 1.165) is 6.42 Å². The van der Waals surface area contributed by atoms with Gasteiger partial charge in [-0.3, -0.25) is 0 Å². The molecule has 0 aromatic heterocycles. The summed E-state index contributed by atoms with van der Waals surface area (Å²) in [5.41, 5.74) is 1.66. The highest BCUT2D eigenvalue weighted by Crippen LogP contribution is 2.21. The van der Waals surface area contributed by atoms with E-state index in [4.69, 9.17) is 16.3 Å². The Kier molecular flexibility index (Phi) is 5.59. The van der Waals surface area contributed by atoms with E-state index in [0.29, 0.717) is 22.4 Å². The quantitative estimate of drug-likeness (QED) is 0.833. The lowest BCUT2D eigenvalue weighted by molar-refractivity contribution is 0.299. The Balaban J connectivity index is 2.02. The van der Waals surface area contributed by atoms with E-state index in [1.807, 2.05) is 31.3 Å². The number of rotatable bonds is 6. The van der Waals surface area contributed by atoms with Gasteiger partial charge in [-0.25, -0.2) is 4.39 Å². The number of benzene rings is 2. The molecule has 0 aliphatic carbocycles. The maximum absolute atomic E-state index is 13.6. The zero-order valence-corrected chi connectivity index (χ0v) is 13.0. The molecule has 0 spiro atoms. The van der Waals surface area contributed by atoms with Crippen LogP contribution in [-0.2, 0) is 6.61 Å². The van der Waals surface area contributed by atoms with Crippen LogP contribution >= 0.6 is 11.6 Å². The summed E-state index contributed by atoms with van der Waals surface area (Å²) in [5, 5.41) is 3.76. The van der Waals surface area contributed by atoms with Gasteiger partial charge in [0, 0.05) is 16.6 Å². The van der Waals surface area contributed by atoms with Crippen molar-refractivity contribution in [3.05, 3.63) is 64.4 Å². The van der Waals surface area contributed by atoms with Crippen LogP contribution in [-0.4, -0.2) is 7.05 Å². The number of halogens is 2. The molecule has 2 aromatic carbocycles. The molecule has 0 radical (unpaired) electrons. The fourth-order valence-electron chi connectivity index (χ4n) is 2.22. The topological polar surface area (TPSA) is 21.3 Å². The molecule has 2 nitrogen and oxygen atoms in total. The summed E-state index contributed by atoms with van der Waals surface area (Å²) in [4.78, 5) is 0. The molecule has 0 saturated heterocycles. The van der Waals surface area contributed by atoms with Gasteiger partial charge in [-0.2, -0.15) is 0 Å². The molecule has 1 unspecified atom stereocenters. The molecule has 1 atom stereocenters. The van der Waals surface area contributed by atoms with Crippen molar-refractivity contribution in [1.82, 2.24) is 5.32 Å². The van der Waals surface area contributed by atoms with Gasteiger partial charge in [-0.1, -0.05) is 30.7 Å². The van der Waals surface area contributed by atoms with Crippen LogP contribution in [0, 0.1) is 5.82 Å². The van der Waals surface area contributed by atoms with E-state index < -0.39 is 0 Å². The molecule has 2 aromatic rings. The van der Waals surface area contributed by atoms with E-state index in [1.54, 1.807) is 6.07 Å². The highest BCUT2D eigenvalue weighted by molar-refractivity contribution is 6.30. The smallest absolute Gasteiger partial charge is 0.129 e. The first-order valence-electron chi connectivity index (χ1n) is 6.98. The minimum Gasteiger partial charge on any atom is -0.489 e. The van der Waals surface area contributed by atoms with Crippen LogP contribution in [0.1, 0.15) is 30.5 Å². The molecule has 0 aliphatic rings. The van der Waals surface area contributed by atoms with Crippen LogP contribution in [0.2, 0.25) is 5.02 Å². The van der Waals surface area contributed by atoms with E-state index in [9.17, 15) is 4.39 Å². The first-order valence-corrected chi connectivity index (χ1v) is 7.35. The molecule has 2 rings (SSSR count). The predicted molar refractivity (Wildman–Crippen MR) is 84.3 cm³/mol. The fraction of sp³-hybridized carbons (Fsp3) is 0.294. The first-order chi connectivity index (χ1) is 10.1. The Morgan fingerprint density at radius 2 is 1.90 bits per heavy atom. The number of nitrogens with one attached hydrogen (secondary N) is 1. The SMILES string of the molecule is CCC(NC)c1ccc(OCc2cc(Cl)ccc2F)cc1. The van der Waals surface area contributed by atoms with Crippen LogP contribution in [0.25, 0.3) is 0 Å². The van der Waals surface area contributed by atoms with Crippen LogP contribution in [0.15, 0.2) is 42.5 Å². The third-order valence-electron chi connectivity index (χ3n) is 3.44. The lowest BCUT2D eigenvalue weighted by Gasteiger charge is -2.15. The largest absolute Gasteiger partial charge is 0.489 e. The van der Waals surface area contributed by atoms with Gasteiger partial charge in [0.2, 0.25) is 0 Å². The van der Waals surface area contributed by atoms with E-state index in [1.165, 1.54) is 17.7 Å². The summed E-state index contributed by atoms with van der Waals surface area (Å²) in [6, 6.07) is 12.6. The lowest BCUT2D eigenvalue weighted by Crippen LogP contribution is -2.14. The maximum Gasteiger partial charge on any atom is 0.129 e. The standard InChI is InChI=1S/C17H19ClFNO/c1-3-17(20-2)12-4-7-15(8-5-12)21-11-13-10-14(18)6-9-16(13)19/h4-10,17,20H,3,11H2,1-2H3. The number of hydrogen-bond donors (Lipinski definition) is 1. The van der Waals surface area contributed by atoms with Crippen molar-refractivity contribution in [2.24, 2.45) is 0 Å². The first kappa shape index (κ1) is 15.8. The summed E-state index contributed by atoms with van der Waals surface area (Å²) < 4.78 is 19.2. The summed E-state index contributed by atoms with van der Waals surface area (Å²) >= 11 is 5.86. The highest BCUT2D eigenvalue weighted by Gasteiger charge is 2.07. The minimum atomic E-state index is -0.308. The van der Waals surface area contributed by atoms with Crippen molar-refractivity contribution < 1.29 is 9.13 Å². The third kappa shape index (κ3) is 4.19. The molecule has 0 fully saturated rings. The fourth-order valence-corrected chi connectivity index (χ4v) is 2.41. The molecular weight excluding hydrogens is 289 g/mol. The average Bonchev–Trinajstić information content (AvgIpc) is 2.51. The molecule has 0 amide bonds. The third-order valence-corrected chi connectivity index (χ3v) is 3.68. The molecule has 112 valence electrons. The lowest BCUT2D eigenvalue weighted by atomic mass is 10.0. The van der Waals surface area contributed by atoms with Gasteiger partial charge < -0.3 is 10.1 Å². The van der Waals surface area contributed by atoms with Crippen molar-refractivity contribution in [2.45, 2.75) is 26.0 Å². The second kappa shape index (κ2) is 7.43. The van der Waals surface area contributed by atoms with Crippen molar-refractivity contribution in [2.75, 3.05) is 7.05 Å². The van der Waals surface area contributed by atoms with Crippen LogP contribution < -0.4 is 10.1 Å². The molecule has 0 heterocycles. The van der Waals surface area contributed by atoms with Gasteiger partial charge >= 0.3 is 0 Å². The predicted octanol–water partition coefficient (Wildman–Crippen LogP) is 4.73. The van der Waals surface area contributed by atoms with E-state index in [2.05, 4.69) is 12.2 Å². The van der Waals surface area contributed by atoms with Crippen molar-refractivity contribution in [3.8, 4) is 5.75 Å². The molecule has 4 heteroatoms. The minimum absolute atomic E-state index is 0.162. The van der Waals surface area contributed by atoms with Gasteiger partial charge in [-0.15, -0.1) is 0 Å². The monoisotopic (exact) mass is 307 g/mol. The van der Waals surface area contributed by atoms with E-state index >= 15 is 0 Å². The van der Waals surface area contributed by atoms with Crippen LogP contribution in [0.4, 0.5) is 4.39 Å². The molecule has 0 aliphatic heterocycles. The Bertz CT molecular complexity index is 582. The zero-order valence-electron chi connectivity index (χ0n) is 12.2. The molecule has 21 heavy (non-hydrogen) atoms. The summed E-state index contributed by atoms with van der Waals surface area (Å²) in [6.07, 6.45) is 1.02. The average molecular weight is 308 g/mol. The Hall–Kier alpha value is -1.58.